The van der Waals surface area contributed by atoms with Gasteiger partial charge in [-0.15, -0.1) is 0 Å². The van der Waals surface area contributed by atoms with E-state index < -0.39 is 0 Å². The number of furan rings is 1. The van der Waals surface area contributed by atoms with E-state index in [-0.39, 0.29) is 18.4 Å². The number of carbonyl (C=O) groups is 1. The predicted molar refractivity (Wildman–Crippen MR) is 110 cm³/mol. The van der Waals surface area contributed by atoms with Crippen molar-refractivity contribution in [3.63, 3.8) is 0 Å². The fraction of sp³-hybridized carbons (Fsp3) is 0.381. The quantitative estimate of drug-likeness (QED) is 0.535. The lowest BCUT2D eigenvalue weighted by molar-refractivity contribution is -0.121. The number of carbonyl (C=O) groups excluding carboxylic acids is 1. The Morgan fingerprint density at radius 3 is 2.69 bits per heavy atom. The second-order valence-electron chi connectivity index (χ2n) is 6.55. The average molecular weight is 417 g/mol. The van der Waals surface area contributed by atoms with Crippen molar-refractivity contribution in [1.82, 2.24) is 20.4 Å². The number of hydrogen-bond acceptors (Lipinski definition) is 6. The topological polar surface area (TPSA) is 84.4 Å². The Balaban J connectivity index is 1.57. The Morgan fingerprint density at radius 1 is 1.21 bits per heavy atom. The van der Waals surface area contributed by atoms with Gasteiger partial charge in [0, 0.05) is 24.4 Å². The molecule has 29 heavy (non-hydrogen) atoms. The number of rotatable bonds is 10. The van der Waals surface area contributed by atoms with Gasteiger partial charge in [0.25, 0.3) is 0 Å². The summed E-state index contributed by atoms with van der Waals surface area (Å²) in [5.74, 6) is 1.24. The van der Waals surface area contributed by atoms with Crippen LogP contribution in [0.1, 0.15) is 37.8 Å². The second kappa shape index (κ2) is 10.2. The van der Waals surface area contributed by atoms with Crippen LogP contribution in [0, 0.1) is 0 Å². The summed E-state index contributed by atoms with van der Waals surface area (Å²) in [6, 6.07) is 11.3. The van der Waals surface area contributed by atoms with E-state index in [9.17, 15) is 4.79 Å². The van der Waals surface area contributed by atoms with E-state index in [1.54, 1.807) is 18.4 Å². The van der Waals surface area contributed by atoms with Gasteiger partial charge < -0.3 is 14.3 Å². The molecule has 2 aromatic heterocycles. The molecule has 2 heterocycles. The van der Waals surface area contributed by atoms with Gasteiger partial charge in [-0.3, -0.25) is 9.69 Å². The number of aromatic nitrogens is 2. The molecule has 0 aliphatic heterocycles. The molecule has 0 saturated heterocycles. The van der Waals surface area contributed by atoms with Crippen molar-refractivity contribution in [1.29, 1.82) is 0 Å². The van der Waals surface area contributed by atoms with Gasteiger partial charge in [-0.05, 0) is 36.9 Å². The second-order valence-corrected chi connectivity index (χ2v) is 6.96. The minimum Gasteiger partial charge on any atom is -0.461 e. The molecule has 3 rings (SSSR count). The van der Waals surface area contributed by atoms with Crippen LogP contribution in [0.25, 0.3) is 11.6 Å². The first-order chi connectivity index (χ1) is 14.1. The summed E-state index contributed by atoms with van der Waals surface area (Å²) in [6.07, 6.45) is 2.17. The van der Waals surface area contributed by atoms with Crippen LogP contribution >= 0.6 is 11.6 Å². The SMILES string of the molecule is CCN(CC)C(CNC(=O)CCc1nc(-c2ccco2)no1)c1ccccc1Cl. The Bertz CT molecular complexity index is 906. The first-order valence-electron chi connectivity index (χ1n) is 9.74. The van der Waals surface area contributed by atoms with E-state index in [0.717, 1.165) is 18.7 Å². The van der Waals surface area contributed by atoms with Crippen LogP contribution in [0.15, 0.2) is 51.6 Å². The van der Waals surface area contributed by atoms with Gasteiger partial charge in [-0.25, -0.2) is 0 Å². The molecule has 0 aliphatic rings. The Morgan fingerprint density at radius 2 is 2.00 bits per heavy atom. The lowest BCUT2D eigenvalue weighted by Crippen LogP contribution is -2.38. The third-order valence-corrected chi connectivity index (χ3v) is 5.13. The highest BCUT2D eigenvalue weighted by molar-refractivity contribution is 6.31. The number of amides is 1. The molecular formula is C21H25ClN4O3. The third-order valence-electron chi connectivity index (χ3n) is 4.79. The summed E-state index contributed by atoms with van der Waals surface area (Å²) in [7, 11) is 0. The first-order valence-corrected chi connectivity index (χ1v) is 10.1. The zero-order valence-electron chi connectivity index (χ0n) is 16.6. The van der Waals surface area contributed by atoms with Crippen molar-refractivity contribution >= 4 is 17.5 Å². The van der Waals surface area contributed by atoms with Crippen LogP contribution in [-0.2, 0) is 11.2 Å². The van der Waals surface area contributed by atoms with Crippen LogP contribution in [0.5, 0.6) is 0 Å². The largest absolute Gasteiger partial charge is 0.461 e. The Kier molecular flexibility index (Phi) is 7.43. The van der Waals surface area contributed by atoms with Crippen molar-refractivity contribution in [2.75, 3.05) is 19.6 Å². The van der Waals surface area contributed by atoms with E-state index in [0.29, 0.717) is 35.5 Å². The minimum absolute atomic E-state index is 0.0107. The smallest absolute Gasteiger partial charge is 0.238 e. The number of hydrogen-bond donors (Lipinski definition) is 1. The van der Waals surface area contributed by atoms with Gasteiger partial charge in [-0.2, -0.15) is 4.98 Å². The predicted octanol–water partition coefficient (Wildman–Crippen LogP) is 4.11. The molecule has 1 amide bonds. The fourth-order valence-corrected chi connectivity index (χ4v) is 3.49. The van der Waals surface area contributed by atoms with E-state index in [1.807, 2.05) is 24.3 Å². The summed E-state index contributed by atoms with van der Waals surface area (Å²) in [5, 5.41) is 7.59. The maximum absolute atomic E-state index is 12.4. The van der Waals surface area contributed by atoms with Crippen molar-refractivity contribution in [2.24, 2.45) is 0 Å². The fourth-order valence-electron chi connectivity index (χ4n) is 3.23. The maximum Gasteiger partial charge on any atom is 0.238 e. The summed E-state index contributed by atoms with van der Waals surface area (Å²) in [4.78, 5) is 18.9. The van der Waals surface area contributed by atoms with Crippen molar-refractivity contribution in [3.8, 4) is 11.6 Å². The maximum atomic E-state index is 12.4. The summed E-state index contributed by atoms with van der Waals surface area (Å²) in [5.41, 5.74) is 1.01. The number of nitrogens with zero attached hydrogens (tertiary/aromatic N) is 3. The Labute approximate surface area is 175 Å². The highest BCUT2D eigenvalue weighted by atomic mass is 35.5. The number of halogens is 1. The Hall–Kier alpha value is -2.64. The molecule has 1 aromatic carbocycles. The minimum atomic E-state index is -0.0769. The first kappa shape index (κ1) is 21.1. The highest BCUT2D eigenvalue weighted by Gasteiger charge is 2.21. The molecule has 0 bridgehead atoms. The van der Waals surface area contributed by atoms with Gasteiger partial charge in [0.1, 0.15) is 0 Å². The normalized spacial score (nSPS) is 12.3. The number of aryl methyl sites for hydroxylation is 1. The molecule has 0 fully saturated rings. The molecule has 7 nitrogen and oxygen atoms in total. The van der Waals surface area contributed by atoms with Crippen molar-refractivity contribution in [3.05, 3.63) is 59.1 Å². The van der Waals surface area contributed by atoms with Gasteiger partial charge in [0.2, 0.25) is 17.6 Å². The van der Waals surface area contributed by atoms with Gasteiger partial charge in [-0.1, -0.05) is 48.8 Å². The number of nitrogens with one attached hydrogen (secondary N) is 1. The van der Waals surface area contributed by atoms with Gasteiger partial charge >= 0.3 is 0 Å². The summed E-state index contributed by atoms with van der Waals surface area (Å²) < 4.78 is 10.4. The zero-order valence-corrected chi connectivity index (χ0v) is 17.4. The highest BCUT2D eigenvalue weighted by Crippen LogP contribution is 2.27. The van der Waals surface area contributed by atoms with Crippen molar-refractivity contribution < 1.29 is 13.7 Å². The lowest BCUT2D eigenvalue weighted by Gasteiger charge is -2.30. The molecule has 154 valence electrons. The molecule has 1 unspecified atom stereocenters. The molecular weight excluding hydrogens is 392 g/mol. The van der Waals surface area contributed by atoms with E-state index in [1.165, 1.54) is 0 Å². The standard InChI is InChI=1S/C21H25ClN4O3/c1-3-26(4-2)17(15-8-5-6-9-16(15)22)14-23-19(27)11-12-20-24-21(25-29-20)18-10-7-13-28-18/h5-10,13,17H,3-4,11-12,14H2,1-2H3,(H,23,27). The molecule has 1 N–H and O–H groups in total. The van der Waals surface area contributed by atoms with Gasteiger partial charge in [0.05, 0.1) is 12.3 Å². The van der Waals surface area contributed by atoms with Crippen LogP contribution in [0.4, 0.5) is 0 Å². The van der Waals surface area contributed by atoms with Crippen LogP contribution in [0.2, 0.25) is 5.02 Å². The summed E-state index contributed by atoms with van der Waals surface area (Å²) >= 11 is 6.40. The lowest BCUT2D eigenvalue weighted by atomic mass is 10.0. The molecule has 3 aromatic rings. The molecule has 0 aliphatic carbocycles. The molecule has 8 heteroatoms. The van der Waals surface area contributed by atoms with E-state index >= 15 is 0 Å². The van der Waals surface area contributed by atoms with Crippen LogP contribution in [0.3, 0.4) is 0 Å². The van der Waals surface area contributed by atoms with E-state index in [4.69, 9.17) is 20.5 Å². The average Bonchev–Trinajstić information content (AvgIpc) is 3.42. The van der Waals surface area contributed by atoms with Crippen LogP contribution in [-0.4, -0.2) is 40.6 Å². The number of benzene rings is 1. The monoisotopic (exact) mass is 416 g/mol. The summed E-state index contributed by atoms with van der Waals surface area (Å²) in [6.45, 7) is 6.40. The zero-order chi connectivity index (χ0) is 20.6. The van der Waals surface area contributed by atoms with Crippen molar-refractivity contribution in [2.45, 2.75) is 32.7 Å². The van der Waals surface area contributed by atoms with E-state index in [2.05, 4.69) is 34.2 Å². The third kappa shape index (κ3) is 5.46. The van der Waals surface area contributed by atoms with Gasteiger partial charge in [0.15, 0.2) is 5.76 Å². The number of likely N-dealkylation sites (N-methyl/N-ethyl adjacent to an activating group) is 1. The molecule has 0 spiro atoms. The molecule has 0 radical (unpaired) electrons. The molecule has 0 saturated carbocycles. The molecule has 1 atom stereocenters. The van der Waals surface area contributed by atoms with Crippen LogP contribution < -0.4 is 5.32 Å².